The average molecular weight is 262 g/mol. The molecule has 0 saturated carbocycles. The molecule has 0 aliphatic rings. The number of carboxylic acid groups (broad SMARTS) is 1. The Morgan fingerprint density at radius 2 is 1.89 bits per heavy atom. The quantitative estimate of drug-likeness (QED) is 0.510. The van der Waals surface area contributed by atoms with E-state index in [0.29, 0.717) is 11.0 Å². The van der Waals surface area contributed by atoms with Crippen molar-refractivity contribution in [1.29, 1.82) is 0 Å². The Balaban J connectivity index is 2.15. The van der Waals surface area contributed by atoms with Crippen LogP contribution in [0.5, 0.6) is 5.75 Å². The number of rotatable bonds is 4. The van der Waals surface area contributed by atoms with E-state index < -0.39 is 17.6 Å². The van der Waals surface area contributed by atoms with E-state index in [2.05, 4.69) is 0 Å². The highest BCUT2D eigenvalue weighted by Gasteiger charge is 2.09. The van der Waals surface area contributed by atoms with Crippen molar-refractivity contribution in [3.05, 3.63) is 40.8 Å². The molecule has 98 valence electrons. The van der Waals surface area contributed by atoms with Gasteiger partial charge in [-0.05, 0) is 18.2 Å². The van der Waals surface area contributed by atoms with Crippen LogP contribution in [0.2, 0.25) is 0 Å². The summed E-state index contributed by atoms with van der Waals surface area (Å²) < 4.78 is 9.89. The van der Waals surface area contributed by atoms with Gasteiger partial charge in [0.15, 0.2) is 0 Å². The van der Waals surface area contributed by atoms with Crippen molar-refractivity contribution < 1.29 is 23.8 Å². The molecule has 1 aromatic carbocycles. The van der Waals surface area contributed by atoms with Gasteiger partial charge < -0.3 is 14.3 Å². The smallest absolute Gasteiger partial charge is 0.336 e. The molecule has 0 aliphatic carbocycles. The summed E-state index contributed by atoms with van der Waals surface area (Å²) in [7, 11) is 0. The molecule has 1 heterocycles. The maximum Gasteiger partial charge on any atom is 0.336 e. The maximum atomic E-state index is 11.3. The number of hydrogen-bond acceptors (Lipinski definition) is 5. The monoisotopic (exact) mass is 262 g/mol. The average Bonchev–Trinajstić information content (AvgIpc) is 2.36. The lowest BCUT2D eigenvalue weighted by Gasteiger charge is -2.04. The first-order valence-corrected chi connectivity index (χ1v) is 5.51. The predicted molar refractivity (Wildman–Crippen MR) is 65.0 cm³/mol. The number of aliphatic carboxylic acids is 1. The first-order valence-electron chi connectivity index (χ1n) is 5.51. The number of hydrogen-bond donors (Lipinski definition) is 1. The number of carboxylic acids is 1. The van der Waals surface area contributed by atoms with Crippen LogP contribution in [0.15, 0.2) is 39.5 Å². The molecule has 1 aromatic heterocycles. The Morgan fingerprint density at radius 3 is 2.63 bits per heavy atom. The van der Waals surface area contributed by atoms with E-state index in [-0.39, 0.29) is 18.6 Å². The van der Waals surface area contributed by atoms with E-state index in [9.17, 15) is 14.4 Å². The molecule has 0 aliphatic heterocycles. The van der Waals surface area contributed by atoms with Crippen LogP contribution in [-0.2, 0) is 9.59 Å². The molecular weight excluding hydrogens is 252 g/mol. The van der Waals surface area contributed by atoms with Crippen molar-refractivity contribution >= 4 is 22.9 Å². The second-order valence-corrected chi connectivity index (χ2v) is 3.82. The van der Waals surface area contributed by atoms with Gasteiger partial charge in [0.1, 0.15) is 11.3 Å². The number of fused-ring (bicyclic) bond motifs is 1. The summed E-state index contributed by atoms with van der Waals surface area (Å²) in [6, 6.07) is 7.48. The van der Waals surface area contributed by atoms with Gasteiger partial charge in [0.05, 0.1) is 12.8 Å². The highest BCUT2D eigenvalue weighted by Crippen LogP contribution is 2.19. The molecule has 0 radical (unpaired) electrons. The molecular formula is C13H10O6. The van der Waals surface area contributed by atoms with E-state index in [1.165, 1.54) is 12.1 Å². The van der Waals surface area contributed by atoms with Gasteiger partial charge in [-0.1, -0.05) is 0 Å². The standard InChI is InChI=1S/C13H10O6/c14-11(15)4-6-12(16)18-9-3-1-8-2-5-13(17)19-10(8)7-9/h1-3,5,7H,4,6H2,(H,14,15). The summed E-state index contributed by atoms with van der Waals surface area (Å²) in [6.07, 6.45) is -0.506. The van der Waals surface area contributed by atoms with Gasteiger partial charge in [-0.3, -0.25) is 9.59 Å². The zero-order valence-electron chi connectivity index (χ0n) is 9.79. The Bertz CT molecular complexity index is 685. The molecule has 0 fully saturated rings. The van der Waals surface area contributed by atoms with Crippen molar-refractivity contribution in [1.82, 2.24) is 0 Å². The summed E-state index contributed by atoms with van der Waals surface area (Å²) in [4.78, 5) is 32.7. The molecule has 0 atom stereocenters. The third-order valence-electron chi connectivity index (χ3n) is 2.37. The van der Waals surface area contributed by atoms with Crippen molar-refractivity contribution in [2.45, 2.75) is 12.8 Å². The number of carbonyl (C=O) groups is 2. The molecule has 6 nitrogen and oxygen atoms in total. The number of ether oxygens (including phenoxy) is 1. The molecule has 0 unspecified atom stereocenters. The van der Waals surface area contributed by atoms with E-state index in [0.717, 1.165) is 0 Å². The van der Waals surface area contributed by atoms with E-state index in [1.807, 2.05) is 0 Å². The van der Waals surface area contributed by atoms with Crippen molar-refractivity contribution in [3.8, 4) is 5.75 Å². The maximum absolute atomic E-state index is 11.3. The van der Waals surface area contributed by atoms with E-state index >= 15 is 0 Å². The molecule has 0 spiro atoms. The first-order chi connectivity index (χ1) is 9.04. The lowest BCUT2D eigenvalue weighted by molar-refractivity contribution is -0.142. The van der Waals surface area contributed by atoms with Gasteiger partial charge in [-0.25, -0.2) is 4.79 Å². The Hall–Kier alpha value is -2.63. The Labute approximate surface area is 107 Å². The van der Waals surface area contributed by atoms with Crippen LogP contribution in [0.4, 0.5) is 0 Å². The SMILES string of the molecule is O=C(O)CCC(=O)Oc1ccc2ccc(=O)oc2c1. The Morgan fingerprint density at radius 1 is 1.16 bits per heavy atom. The minimum atomic E-state index is -1.07. The van der Waals surface area contributed by atoms with Crippen LogP contribution in [0.3, 0.4) is 0 Å². The van der Waals surface area contributed by atoms with E-state index in [1.54, 1.807) is 18.2 Å². The lowest BCUT2D eigenvalue weighted by atomic mass is 10.2. The normalized spacial score (nSPS) is 10.3. The fourth-order valence-electron chi connectivity index (χ4n) is 1.50. The van der Waals surface area contributed by atoms with Crippen molar-refractivity contribution in [2.75, 3.05) is 0 Å². The van der Waals surface area contributed by atoms with Crippen molar-refractivity contribution in [3.63, 3.8) is 0 Å². The van der Waals surface area contributed by atoms with Gasteiger partial charge in [-0.2, -0.15) is 0 Å². The topological polar surface area (TPSA) is 93.8 Å². The minimum Gasteiger partial charge on any atom is -0.481 e. The molecule has 2 rings (SSSR count). The summed E-state index contributed by atoms with van der Waals surface area (Å²) in [5.74, 6) is -1.52. The van der Waals surface area contributed by atoms with Crippen molar-refractivity contribution in [2.24, 2.45) is 0 Å². The zero-order valence-corrected chi connectivity index (χ0v) is 9.79. The van der Waals surface area contributed by atoms with Crippen LogP contribution in [-0.4, -0.2) is 17.0 Å². The molecule has 19 heavy (non-hydrogen) atoms. The van der Waals surface area contributed by atoms with Gasteiger partial charge >= 0.3 is 17.6 Å². The molecule has 6 heteroatoms. The first kappa shape index (κ1) is 12.8. The predicted octanol–water partition coefficient (Wildman–Crippen LogP) is 1.56. The van der Waals surface area contributed by atoms with Crippen LogP contribution in [0.25, 0.3) is 11.0 Å². The number of carbonyl (C=O) groups excluding carboxylic acids is 1. The van der Waals surface area contributed by atoms with Gasteiger partial charge in [0.25, 0.3) is 0 Å². The van der Waals surface area contributed by atoms with E-state index in [4.69, 9.17) is 14.3 Å². The summed E-state index contributed by atoms with van der Waals surface area (Å²) in [5, 5.41) is 9.14. The third-order valence-corrected chi connectivity index (χ3v) is 2.37. The zero-order chi connectivity index (χ0) is 13.8. The molecule has 0 bridgehead atoms. The fourth-order valence-corrected chi connectivity index (χ4v) is 1.50. The molecule has 0 saturated heterocycles. The van der Waals surface area contributed by atoms with Crippen LogP contribution in [0, 0.1) is 0 Å². The number of esters is 1. The van der Waals surface area contributed by atoms with Crippen LogP contribution in [0.1, 0.15) is 12.8 Å². The summed E-state index contributed by atoms with van der Waals surface area (Å²) in [5.41, 5.74) is -0.196. The van der Waals surface area contributed by atoms with Crippen LogP contribution < -0.4 is 10.4 Å². The largest absolute Gasteiger partial charge is 0.481 e. The molecule has 0 amide bonds. The fraction of sp³-hybridized carbons (Fsp3) is 0.154. The highest BCUT2D eigenvalue weighted by atomic mass is 16.5. The third kappa shape index (κ3) is 3.41. The van der Waals surface area contributed by atoms with Gasteiger partial charge in [0.2, 0.25) is 0 Å². The van der Waals surface area contributed by atoms with Gasteiger partial charge in [0, 0.05) is 17.5 Å². The minimum absolute atomic E-state index is 0.206. The highest BCUT2D eigenvalue weighted by molar-refractivity contribution is 5.81. The molecule has 2 aromatic rings. The lowest BCUT2D eigenvalue weighted by Crippen LogP contribution is -2.10. The van der Waals surface area contributed by atoms with Crippen LogP contribution >= 0.6 is 0 Å². The van der Waals surface area contributed by atoms with Gasteiger partial charge in [-0.15, -0.1) is 0 Å². The number of benzene rings is 1. The summed E-state index contributed by atoms with van der Waals surface area (Å²) in [6.45, 7) is 0. The molecule has 1 N–H and O–H groups in total. The Kier molecular flexibility index (Phi) is 3.61. The second-order valence-electron chi connectivity index (χ2n) is 3.82. The summed E-state index contributed by atoms with van der Waals surface area (Å²) >= 11 is 0. The second kappa shape index (κ2) is 5.34.